The van der Waals surface area contributed by atoms with E-state index in [9.17, 15) is 0 Å². The number of nitrogens with zero attached hydrogens (tertiary/aromatic N) is 2. The van der Waals surface area contributed by atoms with Gasteiger partial charge in [0.05, 0.1) is 0 Å². The van der Waals surface area contributed by atoms with Crippen LogP contribution in [0.1, 0.15) is 38.5 Å². The maximum Gasteiger partial charge on any atom is 0.0378 e. The molecule has 1 unspecified atom stereocenters. The molecule has 2 fully saturated rings. The summed E-state index contributed by atoms with van der Waals surface area (Å²) in [5, 5.41) is 3.92. The van der Waals surface area contributed by atoms with Crippen LogP contribution in [-0.4, -0.2) is 50.8 Å². The van der Waals surface area contributed by atoms with Crippen molar-refractivity contribution in [2.75, 3.05) is 44.8 Å². The van der Waals surface area contributed by atoms with Crippen LogP contribution in [0, 0.1) is 0 Å². The lowest BCUT2D eigenvalue weighted by molar-refractivity contribution is 0.313. The van der Waals surface area contributed by atoms with Crippen LogP contribution in [0.3, 0.4) is 0 Å². The van der Waals surface area contributed by atoms with Crippen molar-refractivity contribution in [3.63, 3.8) is 0 Å². The van der Waals surface area contributed by atoms with E-state index in [1.807, 2.05) is 11.4 Å². The molecule has 0 amide bonds. The minimum atomic E-state index is -0.189. The third-order valence-corrected chi connectivity index (χ3v) is 8.39. The van der Waals surface area contributed by atoms with Crippen molar-refractivity contribution < 1.29 is 0 Å². The Balaban J connectivity index is 1.53. The highest BCUT2D eigenvalue weighted by atomic mass is 32.7. The summed E-state index contributed by atoms with van der Waals surface area (Å²) in [6.45, 7) is 7.01. The van der Waals surface area contributed by atoms with Gasteiger partial charge in [-0.25, -0.2) is 0 Å². The van der Waals surface area contributed by atoms with E-state index in [-0.39, 0.29) is 7.27 Å². The molecule has 3 nitrogen and oxygen atoms in total. The Morgan fingerprint density at radius 3 is 2.46 bits per heavy atom. The molecule has 2 aliphatic rings. The molecular weight excluding hydrogens is 333 g/mol. The molecule has 5 heteroatoms. The minimum absolute atomic E-state index is 0.189. The topological polar surface area (TPSA) is 18.5 Å². The van der Waals surface area contributed by atoms with Gasteiger partial charge in [-0.15, -0.1) is 0 Å². The first-order chi connectivity index (χ1) is 11.7. The van der Waals surface area contributed by atoms with Crippen molar-refractivity contribution in [2.24, 2.45) is 0 Å². The molecule has 1 aliphatic heterocycles. The minimum Gasteiger partial charge on any atom is -0.369 e. The fourth-order valence-corrected chi connectivity index (χ4v) is 7.00. The van der Waals surface area contributed by atoms with Crippen molar-refractivity contribution in [3.05, 3.63) is 24.3 Å². The van der Waals surface area contributed by atoms with Gasteiger partial charge in [0.1, 0.15) is 0 Å². The summed E-state index contributed by atoms with van der Waals surface area (Å²) < 4.78 is 0. The summed E-state index contributed by atoms with van der Waals surface area (Å²) in [5.41, 5.74) is 1.39. The van der Waals surface area contributed by atoms with E-state index < -0.39 is 0 Å². The Morgan fingerprint density at radius 1 is 1.04 bits per heavy atom. The third-order valence-electron chi connectivity index (χ3n) is 5.15. The van der Waals surface area contributed by atoms with Crippen molar-refractivity contribution in [1.29, 1.82) is 0 Å². The zero-order valence-corrected chi connectivity index (χ0v) is 16.9. The number of likely N-dealkylation sites (N-methyl/N-ethyl adjacent to an activating group) is 1. The van der Waals surface area contributed by atoms with Gasteiger partial charge >= 0.3 is 0 Å². The van der Waals surface area contributed by atoms with E-state index in [0.717, 1.165) is 19.1 Å². The average Bonchev–Trinajstić information content (AvgIpc) is 2.84. The van der Waals surface area contributed by atoms with Crippen LogP contribution in [0.2, 0.25) is 0 Å². The first-order valence-corrected chi connectivity index (χ1v) is 12.6. The van der Waals surface area contributed by atoms with Gasteiger partial charge in [0.15, 0.2) is 0 Å². The monoisotopic (exact) mass is 365 g/mol. The SMILES string of the molecule is CN1CCN(c2cccc(SP(C)NC3CCCCCC3)c2)CC1. The molecule has 1 aromatic carbocycles. The van der Waals surface area contributed by atoms with Crippen molar-refractivity contribution in [3.8, 4) is 0 Å². The number of benzene rings is 1. The molecule has 1 saturated heterocycles. The standard InChI is InChI=1S/C19H32N3PS/c1-21-12-14-22(15-13-21)18-10-7-11-19(16-18)24-23(2)20-17-8-5-3-4-6-9-17/h7,10-11,16-17,20H,3-6,8-9,12-15H2,1-2H3. The maximum absolute atomic E-state index is 3.92. The highest BCUT2D eigenvalue weighted by molar-refractivity contribution is 8.55. The number of anilines is 1. The summed E-state index contributed by atoms with van der Waals surface area (Å²) in [5.74, 6) is 0. The van der Waals surface area contributed by atoms with E-state index in [1.165, 1.54) is 62.2 Å². The summed E-state index contributed by atoms with van der Waals surface area (Å²) in [7, 11) is 2.03. The van der Waals surface area contributed by atoms with E-state index in [0.29, 0.717) is 0 Å². The van der Waals surface area contributed by atoms with Crippen molar-refractivity contribution >= 4 is 24.3 Å². The first kappa shape index (κ1) is 18.5. The van der Waals surface area contributed by atoms with Crippen LogP contribution in [0.25, 0.3) is 0 Å². The summed E-state index contributed by atoms with van der Waals surface area (Å²) in [6.07, 6.45) is 8.41. The average molecular weight is 366 g/mol. The summed E-state index contributed by atoms with van der Waals surface area (Å²) >= 11 is 2.04. The number of hydrogen-bond donors (Lipinski definition) is 1. The third kappa shape index (κ3) is 5.62. The Hall–Kier alpha value is -0.280. The van der Waals surface area contributed by atoms with E-state index >= 15 is 0 Å². The number of hydrogen-bond acceptors (Lipinski definition) is 4. The van der Waals surface area contributed by atoms with Gasteiger partial charge in [0.2, 0.25) is 0 Å². The van der Waals surface area contributed by atoms with Gasteiger partial charge < -0.3 is 9.80 Å². The normalized spacial score (nSPS) is 22.3. The molecule has 1 saturated carbocycles. The Labute approximate surface area is 153 Å². The number of nitrogens with one attached hydrogen (secondary N) is 1. The molecule has 134 valence electrons. The van der Waals surface area contributed by atoms with Gasteiger partial charge in [0.25, 0.3) is 0 Å². The molecular formula is C19H32N3PS. The zero-order chi connectivity index (χ0) is 16.8. The molecule has 3 rings (SSSR count). The highest BCUT2D eigenvalue weighted by Gasteiger charge is 2.17. The van der Waals surface area contributed by atoms with Crippen LogP contribution in [-0.2, 0) is 0 Å². The molecule has 1 aliphatic carbocycles. The fourth-order valence-electron chi connectivity index (χ4n) is 3.65. The largest absolute Gasteiger partial charge is 0.369 e. The predicted molar refractivity (Wildman–Crippen MR) is 109 cm³/mol. The summed E-state index contributed by atoms with van der Waals surface area (Å²) in [6, 6.07) is 9.91. The fraction of sp³-hybridized carbons (Fsp3) is 0.684. The zero-order valence-electron chi connectivity index (χ0n) is 15.2. The lowest BCUT2D eigenvalue weighted by Crippen LogP contribution is -2.44. The molecule has 1 atom stereocenters. The van der Waals surface area contributed by atoms with Crippen LogP contribution in [0.5, 0.6) is 0 Å². The van der Waals surface area contributed by atoms with Gasteiger partial charge in [0, 0.05) is 50.1 Å². The van der Waals surface area contributed by atoms with Gasteiger partial charge in [-0.05, 0) is 44.8 Å². The number of piperazine rings is 1. The molecule has 0 spiro atoms. The van der Waals surface area contributed by atoms with Crippen molar-refractivity contribution in [1.82, 2.24) is 9.99 Å². The summed E-state index contributed by atoms with van der Waals surface area (Å²) in [4.78, 5) is 6.36. The second kappa shape index (κ2) is 9.43. The lowest BCUT2D eigenvalue weighted by atomic mass is 10.1. The Bertz CT molecular complexity index is 497. The van der Waals surface area contributed by atoms with E-state index in [2.05, 4.69) is 52.9 Å². The van der Waals surface area contributed by atoms with Crippen LogP contribution in [0.4, 0.5) is 5.69 Å². The Morgan fingerprint density at radius 2 is 1.75 bits per heavy atom. The maximum atomic E-state index is 3.92. The van der Waals surface area contributed by atoms with Gasteiger partial charge in [-0.2, -0.15) is 0 Å². The second-order valence-electron chi connectivity index (χ2n) is 7.19. The molecule has 24 heavy (non-hydrogen) atoms. The van der Waals surface area contributed by atoms with Crippen molar-refractivity contribution in [2.45, 2.75) is 49.5 Å². The molecule has 1 N–H and O–H groups in total. The van der Waals surface area contributed by atoms with E-state index in [4.69, 9.17) is 0 Å². The predicted octanol–water partition coefficient (Wildman–Crippen LogP) is 4.78. The lowest BCUT2D eigenvalue weighted by Gasteiger charge is -2.34. The quantitative estimate of drug-likeness (QED) is 0.597. The van der Waals surface area contributed by atoms with Crippen LogP contribution < -0.4 is 9.99 Å². The second-order valence-corrected chi connectivity index (χ2v) is 11.3. The van der Waals surface area contributed by atoms with E-state index in [1.54, 1.807) is 0 Å². The first-order valence-electron chi connectivity index (χ1n) is 9.42. The molecule has 1 heterocycles. The van der Waals surface area contributed by atoms with Gasteiger partial charge in [-0.3, -0.25) is 5.09 Å². The molecule has 0 aromatic heterocycles. The molecule has 0 radical (unpaired) electrons. The van der Waals surface area contributed by atoms with Gasteiger partial charge in [-0.1, -0.05) is 43.1 Å². The molecule has 1 aromatic rings. The number of rotatable bonds is 5. The smallest absolute Gasteiger partial charge is 0.0378 e. The Kier molecular flexibility index (Phi) is 7.27. The van der Waals surface area contributed by atoms with Crippen LogP contribution >= 0.6 is 18.7 Å². The highest BCUT2D eigenvalue weighted by Crippen LogP contribution is 2.49. The van der Waals surface area contributed by atoms with Crippen LogP contribution in [0.15, 0.2) is 29.2 Å². The molecule has 0 bridgehead atoms.